The quantitative estimate of drug-likeness (QED) is 0.535. The van der Waals surface area contributed by atoms with Gasteiger partial charge in [0.2, 0.25) is 15.9 Å². The molecule has 0 radical (unpaired) electrons. The topological polar surface area (TPSA) is 95.6 Å². The molecule has 4 rings (SSSR count). The Morgan fingerprint density at radius 3 is 2.45 bits per heavy atom. The molecule has 2 heterocycles. The highest BCUT2D eigenvalue weighted by atomic mass is 32.2. The number of thiophene rings is 1. The molecule has 1 aliphatic heterocycles. The van der Waals surface area contributed by atoms with Crippen molar-refractivity contribution in [3.05, 3.63) is 82.6 Å². The molecule has 2 aromatic carbocycles. The van der Waals surface area contributed by atoms with Crippen molar-refractivity contribution in [1.82, 2.24) is 9.62 Å². The zero-order chi connectivity index (χ0) is 23.3. The molecule has 172 valence electrons. The van der Waals surface area contributed by atoms with Gasteiger partial charge in [-0.15, -0.1) is 11.3 Å². The molecule has 1 fully saturated rings. The number of sulfonamides is 1. The molecule has 0 spiro atoms. The van der Waals surface area contributed by atoms with Gasteiger partial charge in [-0.2, -0.15) is 0 Å². The zero-order valence-electron chi connectivity index (χ0n) is 17.9. The summed E-state index contributed by atoms with van der Waals surface area (Å²) in [5.74, 6) is -0.594. The summed E-state index contributed by atoms with van der Waals surface area (Å²) in [5.41, 5.74) is 1.13. The summed E-state index contributed by atoms with van der Waals surface area (Å²) in [6.45, 7) is 1.12. The second-order valence-electron chi connectivity index (χ2n) is 7.87. The summed E-state index contributed by atoms with van der Waals surface area (Å²) < 4.78 is 27.6. The molecule has 1 unspecified atom stereocenters. The molecule has 0 saturated carbocycles. The van der Waals surface area contributed by atoms with Crippen LogP contribution in [0.2, 0.25) is 0 Å². The van der Waals surface area contributed by atoms with Crippen LogP contribution in [0, 0.1) is 5.92 Å². The van der Waals surface area contributed by atoms with Crippen LogP contribution in [0.3, 0.4) is 0 Å². The number of rotatable bonds is 7. The third kappa shape index (κ3) is 5.87. The van der Waals surface area contributed by atoms with E-state index in [4.69, 9.17) is 0 Å². The Bertz CT molecular complexity index is 1190. The number of anilines is 1. The van der Waals surface area contributed by atoms with E-state index in [-0.39, 0.29) is 29.2 Å². The number of hydrogen-bond acceptors (Lipinski definition) is 5. The first kappa shape index (κ1) is 23.2. The van der Waals surface area contributed by atoms with Gasteiger partial charge in [-0.05, 0) is 60.7 Å². The van der Waals surface area contributed by atoms with Crippen molar-refractivity contribution < 1.29 is 18.0 Å². The van der Waals surface area contributed by atoms with Crippen molar-refractivity contribution in [2.24, 2.45) is 5.92 Å². The van der Waals surface area contributed by atoms with Gasteiger partial charge in [0.15, 0.2) is 0 Å². The maximum absolute atomic E-state index is 13.0. The van der Waals surface area contributed by atoms with E-state index >= 15 is 0 Å². The third-order valence-electron chi connectivity index (χ3n) is 5.55. The highest BCUT2D eigenvalue weighted by Gasteiger charge is 2.29. The molecule has 2 amide bonds. The van der Waals surface area contributed by atoms with Crippen LogP contribution in [0.15, 0.2) is 77.0 Å². The summed E-state index contributed by atoms with van der Waals surface area (Å²) in [6.07, 6.45) is 1.45. The second-order valence-corrected chi connectivity index (χ2v) is 10.7. The van der Waals surface area contributed by atoms with Crippen molar-refractivity contribution in [2.45, 2.75) is 24.3 Å². The van der Waals surface area contributed by atoms with Crippen LogP contribution in [-0.4, -0.2) is 38.2 Å². The zero-order valence-corrected chi connectivity index (χ0v) is 19.6. The van der Waals surface area contributed by atoms with Crippen LogP contribution in [0.4, 0.5) is 5.69 Å². The highest BCUT2D eigenvalue weighted by molar-refractivity contribution is 7.89. The molecule has 1 saturated heterocycles. The predicted octanol–water partition coefficient (Wildman–Crippen LogP) is 3.72. The maximum Gasteiger partial charge on any atom is 0.253 e. The SMILES string of the molecule is O=C(Nc1ccccc1)C1CCCN(C(=O)c2ccc(S(=O)(=O)NCc3cccs3)cc2)C1. The Balaban J connectivity index is 1.37. The Hall–Kier alpha value is -3.01. The first-order chi connectivity index (χ1) is 15.9. The van der Waals surface area contributed by atoms with E-state index in [0.29, 0.717) is 18.7 Å². The van der Waals surface area contributed by atoms with Crippen molar-refractivity contribution in [3.63, 3.8) is 0 Å². The van der Waals surface area contributed by atoms with E-state index in [1.807, 2.05) is 47.8 Å². The largest absolute Gasteiger partial charge is 0.338 e. The summed E-state index contributed by atoms with van der Waals surface area (Å²) >= 11 is 1.48. The van der Waals surface area contributed by atoms with Crippen LogP contribution < -0.4 is 10.0 Å². The first-order valence-corrected chi connectivity index (χ1v) is 13.1. The Morgan fingerprint density at radius 1 is 1.00 bits per heavy atom. The van der Waals surface area contributed by atoms with Crippen molar-refractivity contribution in [3.8, 4) is 0 Å². The smallest absolute Gasteiger partial charge is 0.253 e. The number of piperidine rings is 1. The number of likely N-dealkylation sites (tertiary alicyclic amines) is 1. The second kappa shape index (κ2) is 10.3. The van der Waals surface area contributed by atoms with Gasteiger partial charge >= 0.3 is 0 Å². The van der Waals surface area contributed by atoms with Gasteiger partial charge in [-0.25, -0.2) is 13.1 Å². The van der Waals surface area contributed by atoms with Gasteiger partial charge in [-0.3, -0.25) is 9.59 Å². The highest BCUT2D eigenvalue weighted by Crippen LogP contribution is 2.21. The first-order valence-electron chi connectivity index (χ1n) is 10.7. The van der Waals surface area contributed by atoms with Crippen molar-refractivity contribution in [2.75, 3.05) is 18.4 Å². The van der Waals surface area contributed by atoms with E-state index < -0.39 is 10.0 Å². The molecular weight excluding hydrogens is 458 g/mol. The summed E-state index contributed by atoms with van der Waals surface area (Å²) in [5, 5.41) is 4.80. The molecule has 1 aliphatic rings. The normalized spacial score (nSPS) is 16.4. The summed E-state index contributed by atoms with van der Waals surface area (Å²) in [6, 6.07) is 18.9. The monoisotopic (exact) mass is 483 g/mol. The lowest BCUT2D eigenvalue weighted by Gasteiger charge is -2.32. The minimum atomic E-state index is -3.67. The van der Waals surface area contributed by atoms with Crippen LogP contribution in [-0.2, 0) is 21.4 Å². The lowest BCUT2D eigenvalue weighted by Crippen LogP contribution is -2.43. The Kier molecular flexibility index (Phi) is 7.22. The molecular formula is C24H25N3O4S2. The van der Waals surface area contributed by atoms with E-state index in [0.717, 1.165) is 23.4 Å². The predicted molar refractivity (Wildman–Crippen MR) is 128 cm³/mol. The van der Waals surface area contributed by atoms with Crippen molar-refractivity contribution in [1.29, 1.82) is 0 Å². The van der Waals surface area contributed by atoms with Gasteiger partial charge in [0, 0.05) is 35.8 Å². The Morgan fingerprint density at radius 2 is 1.76 bits per heavy atom. The molecule has 33 heavy (non-hydrogen) atoms. The molecule has 0 bridgehead atoms. The fraction of sp³-hybridized carbons (Fsp3) is 0.250. The number of hydrogen-bond donors (Lipinski definition) is 2. The van der Waals surface area contributed by atoms with Gasteiger partial charge in [0.25, 0.3) is 5.91 Å². The molecule has 9 heteroatoms. The van der Waals surface area contributed by atoms with Gasteiger partial charge in [0.1, 0.15) is 0 Å². The lowest BCUT2D eigenvalue weighted by molar-refractivity contribution is -0.121. The van der Waals surface area contributed by atoms with Gasteiger partial charge in [-0.1, -0.05) is 24.3 Å². The van der Waals surface area contributed by atoms with Crippen LogP contribution in [0.5, 0.6) is 0 Å². The summed E-state index contributed by atoms with van der Waals surface area (Å²) in [4.78, 5) is 28.3. The molecule has 0 aliphatic carbocycles. The van der Waals surface area contributed by atoms with Crippen LogP contribution >= 0.6 is 11.3 Å². The van der Waals surface area contributed by atoms with Gasteiger partial charge in [0.05, 0.1) is 10.8 Å². The number of carbonyl (C=O) groups excluding carboxylic acids is 2. The van der Waals surface area contributed by atoms with Crippen LogP contribution in [0.1, 0.15) is 28.1 Å². The van der Waals surface area contributed by atoms with E-state index in [2.05, 4.69) is 10.0 Å². The van der Waals surface area contributed by atoms with E-state index in [1.165, 1.54) is 35.6 Å². The number of carbonyl (C=O) groups is 2. The lowest BCUT2D eigenvalue weighted by atomic mass is 9.96. The van der Waals surface area contributed by atoms with E-state index in [1.54, 1.807) is 4.90 Å². The van der Waals surface area contributed by atoms with Crippen molar-refractivity contribution >= 4 is 38.9 Å². The molecule has 7 nitrogen and oxygen atoms in total. The number of nitrogens with zero attached hydrogens (tertiary/aromatic N) is 1. The average Bonchev–Trinajstić information content (AvgIpc) is 3.37. The standard InChI is InChI=1S/C24H25N3O4S2/c28-23(26-20-7-2-1-3-8-20)19-6-4-14-27(17-19)24(29)18-10-12-22(13-11-18)33(30,31)25-16-21-9-5-15-32-21/h1-3,5,7-13,15,19,25H,4,6,14,16-17H2,(H,26,28). The Labute approximate surface area is 197 Å². The fourth-order valence-corrected chi connectivity index (χ4v) is 5.51. The minimum absolute atomic E-state index is 0.100. The maximum atomic E-state index is 13.0. The number of benzene rings is 2. The number of para-hydroxylation sites is 1. The summed E-state index contributed by atoms with van der Waals surface area (Å²) in [7, 11) is -3.67. The molecule has 2 N–H and O–H groups in total. The van der Waals surface area contributed by atoms with E-state index in [9.17, 15) is 18.0 Å². The average molecular weight is 484 g/mol. The minimum Gasteiger partial charge on any atom is -0.338 e. The molecule has 1 atom stereocenters. The van der Waals surface area contributed by atoms with Gasteiger partial charge < -0.3 is 10.2 Å². The third-order valence-corrected chi connectivity index (χ3v) is 7.84. The molecule has 1 aromatic heterocycles. The number of nitrogens with one attached hydrogen (secondary N) is 2. The number of amides is 2. The fourth-order valence-electron chi connectivity index (χ4n) is 3.76. The van der Waals surface area contributed by atoms with Crippen LogP contribution in [0.25, 0.3) is 0 Å². The molecule has 3 aromatic rings.